The summed E-state index contributed by atoms with van der Waals surface area (Å²) in [6.45, 7) is 6.38. The number of amides is 1. The molecule has 2 rings (SSSR count). The first kappa shape index (κ1) is 18.5. The van der Waals surface area contributed by atoms with E-state index in [4.69, 9.17) is 9.84 Å². The van der Waals surface area contributed by atoms with Crippen LogP contribution in [0.3, 0.4) is 0 Å². The van der Waals surface area contributed by atoms with Crippen molar-refractivity contribution in [3.63, 3.8) is 0 Å². The molecule has 0 fully saturated rings. The summed E-state index contributed by atoms with van der Waals surface area (Å²) >= 11 is 0. The molecule has 0 aliphatic carbocycles. The molecule has 1 aromatic carbocycles. The summed E-state index contributed by atoms with van der Waals surface area (Å²) in [7, 11) is 0. The number of rotatable bonds is 6. The molecule has 0 bridgehead atoms. The van der Waals surface area contributed by atoms with E-state index in [1.165, 1.54) is 0 Å². The van der Waals surface area contributed by atoms with Crippen LogP contribution in [-0.2, 0) is 22.5 Å². The SMILES string of the molecule is CC(C)(C)OC(=O)NCCn1cc(-c2ccc(CC(=O)O)cc2)cn1. The zero-order valence-electron chi connectivity index (χ0n) is 14.7. The van der Waals surface area contributed by atoms with E-state index in [2.05, 4.69) is 10.4 Å². The standard InChI is InChI=1S/C18H23N3O4/c1-18(2,3)25-17(24)19-8-9-21-12-15(11-20-21)14-6-4-13(5-7-14)10-16(22)23/h4-7,11-12H,8-10H2,1-3H3,(H,19,24)(H,22,23). The fourth-order valence-electron chi connectivity index (χ4n) is 2.21. The molecule has 0 saturated carbocycles. The van der Waals surface area contributed by atoms with Gasteiger partial charge in [0, 0.05) is 18.3 Å². The molecule has 0 aliphatic rings. The highest BCUT2D eigenvalue weighted by molar-refractivity contribution is 5.71. The summed E-state index contributed by atoms with van der Waals surface area (Å²) < 4.78 is 6.90. The number of benzene rings is 1. The van der Waals surface area contributed by atoms with Crippen molar-refractivity contribution in [1.29, 1.82) is 0 Å². The maximum atomic E-state index is 11.6. The number of ether oxygens (including phenoxy) is 1. The van der Waals surface area contributed by atoms with Crippen LogP contribution in [0.5, 0.6) is 0 Å². The Morgan fingerprint density at radius 2 is 1.88 bits per heavy atom. The van der Waals surface area contributed by atoms with Crippen molar-refractivity contribution in [2.75, 3.05) is 6.54 Å². The molecule has 134 valence electrons. The molecule has 1 amide bonds. The Labute approximate surface area is 146 Å². The van der Waals surface area contributed by atoms with Gasteiger partial charge in [0.15, 0.2) is 0 Å². The Bertz CT molecular complexity index is 730. The van der Waals surface area contributed by atoms with E-state index < -0.39 is 17.7 Å². The lowest BCUT2D eigenvalue weighted by Crippen LogP contribution is -2.34. The first-order valence-corrected chi connectivity index (χ1v) is 8.03. The lowest BCUT2D eigenvalue weighted by Gasteiger charge is -2.19. The molecule has 2 N–H and O–H groups in total. The van der Waals surface area contributed by atoms with Gasteiger partial charge in [0.1, 0.15) is 5.60 Å². The molecule has 0 radical (unpaired) electrons. The normalized spacial score (nSPS) is 11.2. The zero-order chi connectivity index (χ0) is 18.4. The predicted molar refractivity (Wildman–Crippen MR) is 93.2 cm³/mol. The average Bonchev–Trinajstić information content (AvgIpc) is 2.94. The average molecular weight is 345 g/mol. The maximum absolute atomic E-state index is 11.6. The summed E-state index contributed by atoms with van der Waals surface area (Å²) in [5.41, 5.74) is 2.13. The molecule has 0 unspecified atom stereocenters. The van der Waals surface area contributed by atoms with Gasteiger partial charge in [0.25, 0.3) is 0 Å². The van der Waals surface area contributed by atoms with Gasteiger partial charge in [-0.05, 0) is 31.9 Å². The van der Waals surface area contributed by atoms with Crippen LogP contribution in [0.25, 0.3) is 11.1 Å². The monoisotopic (exact) mass is 345 g/mol. The topological polar surface area (TPSA) is 93.5 Å². The third-order valence-electron chi connectivity index (χ3n) is 3.28. The number of alkyl carbamates (subject to hydrolysis) is 1. The maximum Gasteiger partial charge on any atom is 0.407 e. The Morgan fingerprint density at radius 3 is 2.48 bits per heavy atom. The fourth-order valence-corrected chi connectivity index (χ4v) is 2.21. The summed E-state index contributed by atoms with van der Waals surface area (Å²) in [5, 5.41) is 15.7. The summed E-state index contributed by atoms with van der Waals surface area (Å²) in [6.07, 6.45) is 3.17. The van der Waals surface area contributed by atoms with Gasteiger partial charge in [-0.2, -0.15) is 5.10 Å². The second kappa shape index (κ2) is 7.83. The van der Waals surface area contributed by atoms with E-state index in [0.717, 1.165) is 16.7 Å². The number of carbonyl (C=O) groups is 2. The number of aliphatic carboxylic acids is 1. The Balaban J connectivity index is 1.87. The van der Waals surface area contributed by atoms with E-state index in [-0.39, 0.29) is 6.42 Å². The Kier molecular flexibility index (Phi) is 5.80. The molecule has 7 heteroatoms. The number of nitrogens with one attached hydrogen (secondary N) is 1. The highest BCUT2D eigenvalue weighted by Gasteiger charge is 2.15. The largest absolute Gasteiger partial charge is 0.481 e. The summed E-state index contributed by atoms with van der Waals surface area (Å²) in [6, 6.07) is 7.34. The van der Waals surface area contributed by atoms with Crippen molar-refractivity contribution in [2.24, 2.45) is 0 Å². The van der Waals surface area contributed by atoms with Crippen molar-refractivity contribution in [1.82, 2.24) is 15.1 Å². The molecule has 7 nitrogen and oxygen atoms in total. The molecule has 0 atom stereocenters. The summed E-state index contributed by atoms with van der Waals surface area (Å²) in [4.78, 5) is 22.3. The first-order valence-electron chi connectivity index (χ1n) is 8.03. The second-order valence-electron chi connectivity index (χ2n) is 6.69. The first-order chi connectivity index (χ1) is 11.7. The number of nitrogens with zero attached hydrogens (tertiary/aromatic N) is 2. The minimum absolute atomic E-state index is 0.00980. The van der Waals surface area contributed by atoms with Gasteiger partial charge in [-0.3, -0.25) is 9.48 Å². The number of carboxylic acids is 1. The third kappa shape index (κ3) is 6.29. The van der Waals surface area contributed by atoms with Crippen LogP contribution < -0.4 is 5.32 Å². The van der Waals surface area contributed by atoms with Gasteiger partial charge >= 0.3 is 12.1 Å². The highest BCUT2D eigenvalue weighted by Crippen LogP contribution is 2.19. The quantitative estimate of drug-likeness (QED) is 0.839. The molecule has 1 heterocycles. The minimum atomic E-state index is -0.849. The lowest BCUT2D eigenvalue weighted by atomic mass is 10.1. The third-order valence-corrected chi connectivity index (χ3v) is 3.28. The fraction of sp³-hybridized carbons (Fsp3) is 0.389. The van der Waals surface area contributed by atoms with Crippen molar-refractivity contribution >= 4 is 12.1 Å². The molecule has 2 aromatic rings. The van der Waals surface area contributed by atoms with Crippen molar-refractivity contribution < 1.29 is 19.4 Å². The van der Waals surface area contributed by atoms with Crippen LogP contribution in [0.2, 0.25) is 0 Å². The van der Waals surface area contributed by atoms with Crippen LogP contribution in [-0.4, -0.2) is 39.1 Å². The number of aromatic nitrogens is 2. The lowest BCUT2D eigenvalue weighted by molar-refractivity contribution is -0.136. The van der Waals surface area contributed by atoms with Crippen LogP contribution >= 0.6 is 0 Å². The van der Waals surface area contributed by atoms with Gasteiger partial charge < -0.3 is 15.2 Å². The Hall–Kier alpha value is -2.83. The predicted octanol–water partition coefficient (Wildman–Crippen LogP) is 2.70. The zero-order valence-corrected chi connectivity index (χ0v) is 14.7. The van der Waals surface area contributed by atoms with E-state index in [1.54, 1.807) is 23.0 Å². The molecule has 1 aromatic heterocycles. The molecule has 25 heavy (non-hydrogen) atoms. The molecular formula is C18H23N3O4. The van der Waals surface area contributed by atoms with Crippen molar-refractivity contribution in [3.05, 3.63) is 42.2 Å². The molecule has 0 aliphatic heterocycles. The number of carbonyl (C=O) groups excluding carboxylic acids is 1. The smallest absolute Gasteiger partial charge is 0.407 e. The van der Waals surface area contributed by atoms with Gasteiger partial charge in [-0.1, -0.05) is 24.3 Å². The van der Waals surface area contributed by atoms with Gasteiger partial charge in [0.05, 0.1) is 19.2 Å². The second-order valence-corrected chi connectivity index (χ2v) is 6.69. The van der Waals surface area contributed by atoms with E-state index in [0.29, 0.717) is 13.1 Å². The van der Waals surface area contributed by atoms with Gasteiger partial charge in [0.2, 0.25) is 0 Å². The Morgan fingerprint density at radius 1 is 1.20 bits per heavy atom. The highest BCUT2D eigenvalue weighted by atomic mass is 16.6. The van der Waals surface area contributed by atoms with Gasteiger partial charge in [-0.25, -0.2) is 4.79 Å². The van der Waals surface area contributed by atoms with Crippen LogP contribution in [0.1, 0.15) is 26.3 Å². The van der Waals surface area contributed by atoms with Crippen molar-refractivity contribution in [2.45, 2.75) is 39.3 Å². The van der Waals surface area contributed by atoms with Crippen molar-refractivity contribution in [3.8, 4) is 11.1 Å². The van der Waals surface area contributed by atoms with Crippen LogP contribution in [0.4, 0.5) is 4.79 Å². The summed E-state index contributed by atoms with van der Waals surface area (Å²) in [5.74, 6) is -0.849. The van der Waals surface area contributed by atoms with Gasteiger partial charge in [-0.15, -0.1) is 0 Å². The van der Waals surface area contributed by atoms with Crippen LogP contribution in [0, 0.1) is 0 Å². The molecule has 0 spiro atoms. The number of carboxylic acid groups (broad SMARTS) is 1. The number of hydrogen-bond donors (Lipinski definition) is 2. The number of hydrogen-bond acceptors (Lipinski definition) is 4. The van der Waals surface area contributed by atoms with E-state index in [9.17, 15) is 9.59 Å². The molecular weight excluding hydrogens is 322 g/mol. The van der Waals surface area contributed by atoms with E-state index >= 15 is 0 Å². The molecule has 0 saturated heterocycles. The minimum Gasteiger partial charge on any atom is -0.481 e. The van der Waals surface area contributed by atoms with Crippen LogP contribution in [0.15, 0.2) is 36.7 Å². The van der Waals surface area contributed by atoms with E-state index in [1.807, 2.05) is 39.1 Å².